The van der Waals surface area contributed by atoms with Gasteiger partial charge in [-0.1, -0.05) is 63.3 Å². The van der Waals surface area contributed by atoms with E-state index >= 15 is 0 Å². The van der Waals surface area contributed by atoms with Gasteiger partial charge in [-0.15, -0.1) is 0 Å². The number of ether oxygens (including phenoxy) is 2. The van der Waals surface area contributed by atoms with Crippen LogP contribution in [0.5, 0.6) is 5.75 Å². The predicted octanol–water partition coefficient (Wildman–Crippen LogP) is 5.46. The number of carbonyl (C=O) groups is 2. The van der Waals surface area contributed by atoms with Crippen LogP contribution in [0, 0.1) is 0 Å². The van der Waals surface area contributed by atoms with Crippen molar-refractivity contribution in [3.63, 3.8) is 0 Å². The number of ketones is 2. The molecule has 0 amide bonds. The quantitative estimate of drug-likeness (QED) is 0.447. The van der Waals surface area contributed by atoms with Gasteiger partial charge in [-0.3, -0.25) is 9.59 Å². The fourth-order valence-electron chi connectivity index (χ4n) is 4.42. The summed E-state index contributed by atoms with van der Waals surface area (Å²) >= 11 is 0. The number of rotatable bonds is 11. The number of benzene rings is 2. The van der Waals surface area contributed by atoms with Gasteiger partial charge in [-0.2, -0.15) is 0 Å². The zero-order valence-corrected chi connectivity index (χ0v) is 20.0. The van der Waals surface area contributed by atoms with Crippen LogP contribution in [-0.4, -0.2) is 49.4 Å². The molecule has 180 valence electrons. The summed E-state index contributed by atoms with van der Waals surface area (Å²) in [5.41, 5.74) is 2.39. The molecule has 0 radical (unpaired) electrons. The van der Waals surface area contributed by atoms with E-state index in [1.54, 1.807) is 24.3 Å². The molecule has 1 saturated heterocycles. The summed E-state index contributed by atoms with van der Waals surface area (Å²) in [7, 11) is 0. The Kier molecular flexibility index (Phi) is 8.36. The first kappa shape index (κ1) is 24.0. The lowest BCUT2D eigenvalue weighted by Crippen LogP contribution is -2.42. The first-order valence-electron chi connectivity index (χ1n) is 12.4. The number of unbranched alkanes of at least 4 members (excludes halogenated alkanes) is 5. The van der Waals surface area contributed by atoms with Crippen LogP contribution in [-0.2, 0) is 4.74 Å². The molecular formula is C28H34N2O4. The minimum atomic E-state index is -0.167. The summed E-state index contributed by atoms with van der Waals surface area (Å²) in [6.45, 7) is 5.15. The largest absolute Gasteiger partial charge is 0.494 e. The molecular weight excluding hydrogens is 428 g/mol. The zero-order valence-electron chi connectivity index (χ0n) is 20.0. The number of hydrogen-bond donors (Lipinski definition) is 1. The van der Waals surface area contributed by atoms with Crippen LogP contribution in [0.25, 0.3) is 0 Å². The van der Waals surface area contributed by atoms with Crippen LogP contribution in [0.4, 0.5) is 5.69 Å². The molecule has 0 atom stereocenters. The second kappa shape index (κ2) is 11.8. The molecule has 6 heteroatoms. The average molecular weight is 463 g/mol. The number of hydrogen-bond acceptors (Lipinski definition) is 6. The SMILES string of the molecule is CCCCCCCCOc1ccc(NC2=C(N3CCOCC3)C(=O)c3ccccc3C2=O)cc1. The summed E-state index contributed by atoms with van der Waals surface area (Å²) in [4.78, 5) is 28.8. The Hall–Kier alpha value is -3.12. The van der Waals surface area contributed by atoms with Crippen molar-refractivity contribution < 1.29 is 19.1 Å². The molecule has 0 bridgehead atoms. The van der Waals surface area contributed by atoms with E-state index in [-0.39, 0.29) is 11.6 Å². The highest BCUT2D eigenvalue weighted by Crippen LogP contribution is 2.30. The van der Waals surface area contributed by atoms with Crippen molar-refractivity contribution in [2.75, 3.05) is 38.2 Å². The van der Waals surface area contributed by atoms with Gasteiger partial charge < -0.3 is 19.7 Å². The highest BCUT2D eigenvalue weighted by Gasteiger charge is 2.35. The normalized spacial score (nSPS) is 16.0. The molecule has 1 aliphatic heterocycles. The van der Waals surface area contributed by atoms with E-state index in [0.29, 0.717) is 55.4 Å². The molecule has 0 spiro atoms. The summed E-state index contributed by atoms with van der Waals surface area (Å²) < 4.78 is 11.3. The number of nitrogens with one attached hydrogen (secondary N) is 1. The van der Waals surface area contributed by atoms with Crippen molar-refractivity contribution in [1.29, 1.82) is 0 Å². The van der Waals surface area contributed by atoms with Crippen molar-refractivity contribution in [2.45, 2.75) is 45.4 Å². The van der Waals surface area contributed by atoms with E-state index in [2.05, 4.69) is 12.2 Å². The fourth-order valence-corrected chi connectivity index (χ4v) is 4.42. The first-order valence-corrected chi connectivity index (χ1v) is 12.4. The Bertz CT molecular complexity index is 1020. The number of anilines is 1. The monoisotopic (exact) mass is 462 g/mol. The van der Waals surface area contributed by atoms with Crippen LogP contribution in [0.15, 0.2) is 59.9 Å². The Morgan fingerprint density at radius 2 is 1.50 bits per heavy atom. The molecule has 0 saturated carbocycles. The number of morpholine rings is 1. The van der Waals surface area contributed by atoms with E-state index in [4.69, 9.17) is 9.47 Å². The standard InChI is InChI=1S/C28H34N2O4/c1-2-3-4-5-6-9-18-34-22-14-12-21(13-15-22)29-25-26(30-16-19-33-20-17-30)28(32)24-11-8-7-10-23(24)27(25)31/h7-8,10-15,29H,2-6,9,16-20H2,1H3. The van der Waals surface area contributed by atoms with Gasteiger partial charge in [0.25, 0.3) is 0 Å². The molecule has 2 aromatic rings. The van der Waals surface area contributed by atoms with Gasteiger partial charge >= 0.3 is 0 Å². The average Bonchev–Trinajstić information content (AvgIpc) is 2.88. The summed E-state index contributed by atoms with van der Waals surface area (Å²) in [6.07, 6.45) is 7.36. The summed E-state index contributed by atoms with van der Waals surface area (Å²) in [5.74, 6) is 0.511. The van der Waals surface area contributed by atoms with Crippen molar-refractivity contribution >= 4 is 17.3 Å². The molecule has 1 aliphatic carbocycles. The molecule has 1 fully saturated rings. The fraction of sp³-hybridized carbons (Fsp3) is 0.429. The second-order valence-electron chi connectivity index (χ2n) is 8.79. The molecule has 2 aromatic carbocycles. The Balaban J connectivity index is 1.46. The van der Waals surface area contributed by atoms with E-state index in [1.165, 1.54) is 32.1 Å². The van der Waals surface area contributed by atoms with Gasteiger partial charge in [0.05, 0.1) is 19.8 Å². The van der Waals surface area contributed by atoms with Crippen molar-refractivity contribution in [2.24, 2.45) is 0 Å². The molecule has 1 N–H and O–H groups in total. The predicted molar refractivity (Wildman–Crippen MR) is 133 cm³/mol. The zero-order chi connectivity index (χ0) is 23.8. The third-order valence-electron chi connectivity index (χ3n) is 6.31. The van der Waals surface area contributed by atoms with E-state index in [0.717, 1.165) is 17.9 Å². The lowest BCUT2D eigenvalue weighted by atomic mass is 9.89. The molecule has 0 unspecified atom stereocenters. The van der Waals surface area contributed by atoms with Gasteiger partial charge in [-0.05, 0) is 30.7 Å². The number of Topliss-reactive ketones (excluding diaryl/α,β-unsaturated/α-hetero) is 2. The van der Waals surface area contributed by atoms with Gasteiger partial charge in [0.1, 0.15) is 17.1 Å². The van der Waals surface area contributed by atoms with Gasteiger partial charge in [0.2, 0.25) is 11.6 Å². The van der Waals surface area contributed by atoms with Crippen LogP contribution in [0.2, 0.25) is 0 Å². The lowest BCUT2D eigenvalue weighted by Gasteiger charge is -2.34. The second-order valence-corrected chi connectivity index (χ2v) is 8.79. The van der Waals surface area contributed by atoms with Crippen molar-refractivity contribution in [3.05, 3.63) is 71.1 Å². The molecule has 0 aromatic heterocycles. The first-order chi connectivity index (χ1) is 16.7. The molecule has 34 heavy (non-hydrogen) atoms. The number of nitrogens with zero attached hydrogens (tertiary/aromatic N) is 1. The molecule has 4 rings (SSSR count). The van der Waals surface area contributed by atoms with Crippen LogP contribution >= 0.6 is 0 Å². The maximum atomic E-state index is 13.4. The van der Waals surface area contributed by atoms with Crippen LogP contribution < -0.4 is 10.1 Å². The number of fused-ring (bicyclic) bond motifs is 1. The maximum absolute atomic E-state index is 13.4. The highest BCUT2D eigenvalue weighted by molar-refractivity contribution is 6.27. The van der Waals surface area contributed by atoms with Gasteiger partial charge in [0, 0.05) is 29.9 Å². The minimum Gasteiger partial charge on any atom is -0.494 e. The topological polar surface area (TPSA) is 67.9 Å². The van der Waals surface area contributed by atoms with E-state index in [9.17, 15) is 9.59 Å². The van der Waals surface area contributed by atoms with Crippen LogP contribution in [0.3, 0.4) is 0 Å². The molecule has 2 aliphatic rings. The summed E-state index contributed by atoms with van der Waals surface area (Å²) in [5, 5.41) is 3.24. The Labute approximate surface area is 201 Å². The number of carbonyl (C=O) groups excluding carboxylic acids is 2. The van der Waals surface area contributed by atoms with Gasteiger partial charge in [-0.25, -0.2) is 0 Å². The number of allylic oxidation sites excluding steroid dienone is 2. The Morgan fingerprint density at radius 3 is 2.21 bits per heavy atom. The molecule has 6 nitrogen and oxygen atoms in total. The Morgan fingerprint density at radius 1 is 0.853 bits per heavy atom. The third kappa shape index (κ3) is 5.68. The minimum absolute atomic E-state index is 0.126. The maximum Gasteiger partial charge on any atom is 0.212 e. The van der Waals surface area contributed by atoms with Crippen molar-refractivity contribution in [3.8, 4) is 5.75 Å². The smallest absolute Gasteiger partial charge is 0.212 e. The van der Waals surface area contributed by atoms with E-state index in [1.807, 2.05) is 29.2 Å². The summed E-state index contributed by atoms with van der Waals surface area (Å²) in [6, 6.07) is 14.6. The highest BCUT2D eigenvalue weighted by atomic mass is 16.5. The third-order valence-corrected chi connectivity index (χ3v) is 6.31. The van der Waals surface area contributed by atoms with Crippen molar-refractivity contribution in [1.82, 2.24) is 4.90 Å². The van der Waals surface area contributed by atoms with E-state index < -0.39 is 0 Å². The lowest BCUT2D eigenvalue weighted by molar-refractivity contribution is 0.0496. The van der Waals surface area contributed by atoms with Crippen LogP contribution in [0.1, 0.15) is 66.2 Å². The van der Waals surface area contributed by atoms with Gasteiger partial charge in [0.15, 0.2) is 0 Å². The molecule has 1 heterocycles.